The number of nitrogens with zero attached hydrogens (tertiary/aromatic N) is 2. The highest BCUT2D eigenvalue weighted by molar-refractivity contribution is 7.85. The zero-order valence-electron chi connectivity index (χ0n) is 16.9. The van der Waals surface area contributed by atoms with Gasteiger partial charge in [-0.2, -0.15) is 0 Å². The SMILES string of the molecule is CC(=O)N1CCN(C(=O)CS(=O)Cc2sc3ccccc3c2-c2ccccc2)CC1. The predicted molar refractivity (Wildman–Crippen MR) is 123 cm³/mol. The molecular formula is C23H24N2O3S2. The number of thiophene rings is 1. The summed E-state index contributed by atoms with van der Waals surface area (Å²) in [5.41, 5.74) is 2.22. The molecule has 1 saturated heterocycles. The summed E-state index contributed by atoms with van der Waals surface area (Å²) in [6, 6.07) is 18.4. The summed E-state index contributed by atoms with van der Waals surface area (Å²) >= 11 is 1.65. The van der Waals surface area contributed by atoms with Crippen molar-refractivity contribution in [3.63, 3.8) is 0 Å². The average molecular weight is 441 g/mol. The first-order chi connectivity index (χ1) is 14.5. The van der Waals surface area contributed by atoms with Gasteiger partial charge in [-0.25, -0.2) is 0 Å². The van der Waals surface area contributed by atoms with Crippen LogP contribution in [0.1, 0.15) is 11.8 Å². The number of piperazine rings is 1. The van der Waals surface area contributed by atoms with Crippen molar-refractivity contribution in [1.82, 2.24) is 9.80 Å². The van der Waals surface area contributed by atoms with E-state index in [0.717, 1.165) is 26.1 Å². The quantitative estimate of drug-likeness (QED) is 0.610. The van der Waals surface area contributed by atoms with E-state index in [1.54, 1.807) is 28.1 Å². The van der Waals surface area contributed by atoms with Gasteiger partial charge in [-0.15, -0.1) is 11.3 Å². The molecule has 2 amide bonds. The van der Waals surface area contributed by atoms with E-state index in [4.69, 9.17) is 0 Å². The number of carbonyl (C=O) groups is 2. The molecule has 2 heterocycles. The van der Waals surface area contributed by atoms with Gasteiger partial charge in [0.05, 0.1) is 5.75 Å². The van der Waals surface area contributed by atoms with Crippen LogP contribution in [0, 0.1) is 0 Å². The lowest BCUT2D eigenvalue weighted by Crippen LogP contribution is -2.51. The van der Waals surface area contributed by atoms with Crippen molar-refractivity contribution in [2.75, 3.05) is 31.9 Å². The molecule has 1 aromatic heterocycles. The molecule has 0 radical (unpaired) electrons. The van der Waals surface area contributed by atoms with Crippen LogP contribution >= 0.6 is 11.3 Å². The van der Waals surface area contributed by atoms with Crippen molar-refractivity contribution in [3.05, 3.63) is 59.5 Å². The topological polar surface area (TPSA) is 57.7 Å². The molecule has 1 fully saturated rings. The van der Waals surface area contributed by atoms with E-state index in [1.165, 1.54) is 0 Å². The average Bonchev–Trinajstić information content (AvgIpc) is 3.11. The summed E-state index contributed by atoms with van der Waals surface area (Å²) in [6.45, 7) is 3.65. The van der Waals surface area contributed by atoms with Gasteiger partial charge in [-0.1, -0.05) is 48.5 Å². The zero-order chi connectivity index (χ0) is 21.1. The monoisotopic (exact) mass is 440 g/mol. The third-order valence-electron chi connectivity index (χ3n) is 5.39. The van der Waals surface area contributed by atoms with Gasteiger partial charge in [0.1, 0.15) is 5.75 Å². The van der Waals surface area contributed by atoms with Crippen LogP contribution in [0.4, 0.5) is 0 Å². The fourth-order valence-corrected chi connectivity index (χ4v) is 6.46. The van der Waals surface area contributed by atoms with Gasteiger partial charge in [0, 0.05) is 64.4 Å². The van der Waals surface area contributed by atoms with Crippen molar-refractivity contribution < 1.29 is 13.8 Å². The minimum atomic E-state index is -1.29. The van der Waals surface area contributed by atoms with E-state index >= 15 is 0 Å². The predicted octanol–water partition coefficient (Wildman–Crippen LogP) is 3.51. The Morgan fingerprint density at radius 3 is 2.27 bits per heavy atom. The Labute approximate surface area is 182 Å². The molecule has 156 valence electrons. The molecule has 7 heteroatoms. The van der Waals surface area contributed by atoms with Crippen LogP contribution in [0.25, 0.3) is 21.2 Å². The van der Waals surface area contributed by atoms with Crippen LogP contribution in [-0.2, 0) is 26.1 Å². The summed E-state index contributed by atoms with van der Waals surface area (Å²) in [5.74, 6) is 0.313. The molecule has 5 nitrogen and oxygen atoms in total. The number of rotatable bonds is 5. The third-order valence-corrected chi connectivity index (χ3v) is 7.92. The Morgan fingerprint density at radius 2 is 1.57 bits per heavy atom. The molecule has 3 aromatic rings. The van der Waals surface area contributed by atoms with E-state index in [2.05, 4.69) is 24.3 Å². The second kappa shape index (κ2) is 9.10. The zero-order valence-corrected chi connectivity index (χ0v) is 18.5. The Balaban J connectivity index is 1.49. The molecule has 30 heavy (non-hydrogen) atoms. The molecule has 2 aromatic carbocycles. The van der Waals surface area contributed by atoms with Crippen LogP contribution in [0.5, 0.6) is 0 Å². The Bertz CT molecular complexity index is 1090. The lowest BCUT2D eigenvalue weighted by atomic mass is 10.0. The largest absolute Gasteiger partial charge is 0.339 e. The minimum absolute atomic E-state index is 0.0164. The first-order valence-electron chi connectivity index (χ1n) is 9.97. The standard InChI is InChI=1S/C23H24N2O3S2/c1-17(26)24-11-13-25(14-12-24)22(27)16-30(28)15-21-23(18-7-3-2-4-8-18)19-9-5-6-10-20(19)29-21/h2-10H,11-16H2,1H3. The molecule has 1 atom stereocenters. The number of fused-ring (bicyclic) bond motifs is 1. The maximum atomic E-state index is 12.9. The lowest BCUT2D eigenvalue weighted by Gasteiger charge is -2.34. The minimum Gasteiger partial charge on any atom is -0.339 e. The van der Waals surface area contributed by atoms with E-state index in [-0.39, 0.29) is 17.6 Å². The molecule has 0 N–H and O–H groups in total. The number of amides is 2. The molecule has 0 bridgehead atoms. The number of hydrogen-bond donors (Lipinski definition) is 0. The van der Waals surface area contributed by atoms with Gasteiger partial charge in [0.15, 0.2) is 0 Å². The first-order valence-corrected chi connectivity index (χ1v) is 12.3. The van der Waals surface area contributed by atoms with Crippen LogP contribution in [0.2, 0.25) is 0 Å². The summed E-state index contributed by atoms with van der Waals surface area (Å²) in [6.07, 6.45) is 0. The Hall–Kier alpha value is -2.51. The van der Waals surface area contributed by atoms with Crippen LogP contribution in [0.3, 0.4) is 0 Å². The summed E-state index contributed by atoms with van der Waals surface area (Å²) in [7, 11) is -1.29. The van der Waals surface area contributed by atoms with Gasteiger partial charge in [-0.3, -0.25) is 13.8 Å². The van der Waals surface area contributed by atoms with Crippen LogP contribution in [-0.4, -0.2) is 57.8 Å². The molecule has 1 unspecified atom stereocenters. The lowest BCUT2D eigenvalue weighted by molar-refractivity contribution is -0.136. The van der Waals surface area contributed by atoms with Gasteiger partial charge < -0.3 is 9.80 Å². The van der Waals surface area contributed by atoms with Crippen LogP contribution in [0.15, 0.2) is 54.6 Å². The van der Waals surface area contributed by atoms with E-state index in [9.17, 15) is 13.8 Å². The number of hydrogen-bond acceptors (Lipinski definition) is 4. The van der Waals surface area contributed by atoms with E-state index < -0.39 is 10.8 Å². The Morgan fingerprint density at radius 1 is 0.933 bits per heavy atom. The smallest absolute Gasteiger partial charge is 0.235 e. The second-order valence-corrected chi connectivity index (χ2v) is 9.97. The highest BCUT2D eigenvalue weighted by Crippen LogP contribution is 2.39. The molecule has 1 aliphatic heterocycles. The Kier molecular flexibility index (Phi) is 6.29. The van der Waals surface area contributed by atoms with E-state index in [1.807, 2.05) is 30.3 Å². The third kappa shape index (κ3) is 4.47. The fourth-order valence-electron chi connectivity index (χ4n) is 3.82. The molecule has 0 spiro atoms. The van der Waals surface area contributed by atoms with Gasteiger partial charge in [0.25, 0.3) is 0 Å². The van der Waals surface area contributed by atoms with Crippen LogP contribution < -0.4 is 0 Å². The summed E-state index contributed by atoms with van der Waals surface area (Å²) in [4.78, 5) is 28.6. The maximum Gasteiger partial charge on any atom is 0.235 e. The molecular weight excluding hydrogens is 416 g/mol. The van der Waals surface area contributed by atoms with E-state index in [0.29, 0.717) is 31.9 Å². The number of carbonyl (C=O) groups excluding carboxylic acids is 2. The van der Waals surface area contributed by atoms with Crippen molar-refractivity contribution in [3.8, 4) is 11.1 Å². The molecule has 0 aliphatic carbocycles. The normalized spacial score (nSPS) is 15.4. The second-order valence-electron chi connectivity index (χ2n) is 7.38. The van der Waals surface area contributed by atoms with Crippen molar-refractivity contribution in [2.24, 2.45) is 0 Å². The van der Waals surface area contributed by atoms with Crippen molar-refractivity contribution in [2.45, 2.75) is 12.7 Å². The highest BCUT2D eigenvalue weighted by atomic mass is 32.2. The van der Waals surface area contributed by atoms with Crippen molar-refractivity contribution in [1.29, 1.82) is 0 Å². The highest BCUT2D eigenvalue weighted by Gasteiger charge is 2.24. The summed E-state index contributed by atoms with van der Waals surface area (Å²) < 4.78 is 14.1. The van der Waals surface area contributed by atoms with Gasteiger partial charge >= 0.3 is 0 Å². The molecule has 1 aliphatic rings. The van der Waals surface area contributed by atoms with Gasteiger partial charge in [-0.05, 0) is 11.6 Å². The molecule has 0 saturated carbocycles. The van der Waals surface area contributed by atoms with Gasteiger partial charge in [0.2, 0.25) is 11.8 Å². The number of benzene rings is 2. The maximum absolute atomic E-state index is 12.9. The summed E-state index contributed by atoms with van der Waals surface area (Å²) in [5, 5.41) is 1.16. The molecule has 4 rings (SSSR count). The van der Waals surface area contributed by atoms with Crippen molar-refractivity contribution >= 4 is 44.0 Å². The first kappa shape index (κ1) is 20.8. The fraction of sp³-hybridized carbons (Fsp3) is 0.304.